The normalized spacial score (nSPS) is 14.7. The summed E-state index contributed by atoms with van der Waals surface area (Å²) >= 11 is 0. The number of benzene rings is 1. The van der Waals surface area contributed by atoms with Crippen LogP contribution < -0.4 is 10.5 Å². The van der Waals surface area contributed by atoms with Crippen molar-refractivity contribution in [3.05, 3.63) is 29.8 Å². The summed E-state index contributed by atoms with van der Waals surface area (Å²) in [5.74, 6) is 1.54. The van der Waals surface area contributed by atoms with Crippen LogP contribution in [0.15, 0.2) is 24.3 Å². The van der Waals surface area contributed by atoms with E-state index < -0.39 is 0 Å². The minimum Gasteiger partial charge on any atom is -0.496 e. The Morgan fingerprint density at radius 1 is 1.26 bits per heavy atom. The maximum atomic E-state index is 6.35. The predicted octanol–water partition coefficient (Wildman–Crippen LogP) is 3.06. The van der Waals surface area contributed by atoms with Crippen LogP contribution in [0.3, 0.4) is 0 Å². The molecule has 0 spiro atoms. The molecule has 1 rings (SSSR count). The van der Waals surface area contributed by atoms with E-state index in [2.05, 4.69) is 44.9 Å². The number of likely N-dealkylation sites (N-methyl/N-ethyl adjacent to an activating group) is 1. The minimum absolute atomic E-state index is 0.111. The van der Waals surface area contributed by atoms with Gasteiger partial charge in [-0.05, 0) is 25.5 Å². The molecule has 0 radical (unpaired) electrons. The lowest BCUT2D eigenvalue weighted by molar-refractivity contribution is 0.185. The van der Waals surface area contributed by atoms with Crippen molar-refractivity contribution in [2.45, 2.75) is 39.3 Å². The van der Waals surface area contributed by atoms with Crippen molar-refractivity contribution in [1.29, 1.82) is 0 Å². The van der Waals surface area contributed by atoms with Crippen molar-refractivity contribution < 1.29 is 4.74 Å². The van der Waals surface area contributed by atoms with Gasteiger partial charge in [-0.2, -0.15) is 0 Å². The minimum atomic E-state index is 0.111. The van der Waals surface area contributed by atoms with E-state index in [1.807, 2.05) is 12.1 Å². The molecule has 0 aromatic heterocycles. The number of rotatable bonds is 7. The van der Waals surface area contributed by atoms with Gasteiger partial charge in [-0.1, -0.05) is 39.0 Å². The molecule has 0 saturated carbocycles. The van der Waals surface area contributed by atoms with Gasteiger partial charge >= 0.3 is 0 Å². The number of para-hydroxylation sites is 1. The molecule has 2 atom stereocenters. The fourth-order valence-corrected chi connectivity index (χ4v) is 2.62. The molecule has 0 amide bonds. The summed E-state index contributed by atoms with van der Waals surface area (Å²) in [5, 5.41) is 0. The number of ether oxygens (including phenoxy) is 1. The number of methoxy groups -OCH3 is 1. The summed E-state index contributed by atoms with van der Waals surface area (Å²) in [6.45, 7) is 7.62. The largest absolute Gasteiger partial charge is 0.496 e. The molecule has 19 heavy (non-hydrogen) atoms. The summed E-state index contributed by atoms with van der Waals surface area (Å²) in [6.07, 6.45) is 0.950. The van der Waals surface area contributed by atoms with Crippen molar-refractivity contribution >= 4 is 0 Å². The molecule has 108 valence electrons. The van der Waals surface area contributed by atoms with E-state index in [1.54, 1.807) is 7.11 Å². The molecule has 0 bridgehead atoms. The molecule has 3 nitrogen and oxygen atoms in total. The second-order valence-corrected chi connectivity index (χ2v) is 5.59. The van der Waals surface area contributed by atoms with Crippen molar-refractivity contribution in [1.82, 2.24) is 4.90 Å². The van der Waals surface area contributed by atoms with Crippen molar-refractivity contribution in [3.8, 4) is 5.75 Å². The smallest absolute Gasteiger partial charge is 0.123 e. The maximum Gasteiger partial charge on any atom is 0.123 e. The van der Waals surface area contributed by atoms with Gasteiger partial charge in [0.1, 0.15) is 5.75 Å². The lowest BCUT2D eigenvalue weighted by Gasteiger charge is -2.34. The highest BCUT2D eigenvalue weighted by molar-refractivity contribution is 5.36. The standard InChI is InChI=1S/C16H28N2O/c1-6-14(17)16(18(4)11-12(2)3)13-9-7-8-10-15(13)19-5/h7-10,12,14,16H,6,11,17H2,1-5H3. The van der Waals surface area contributed by atoms with Gasteiger partial charge in [0, 0.05) is 18.2 Å². The third-order valence-corrected chi connectivity index (χ3v) is 3.46. The summed E-state index contributed by atoms with van der Waals surface area (Å²) in [7, 11) is 3.86. The Balaban J connectivity index is 3.08. The van der Waals surface area contributed by atoms with Crippen LogP contribution in [-0.4, -0.2) is 31.6 Å². The van der Waals surface area contributed by atoms with Crippen LogP contribution >= 0.6 is 0 Å². The Morgan fingerprint density at radius 3 is 2.42 bits per heavy atom. The Hall–Kier alpha value is -1.06. The molecule has 0 aliphatic rings. The van der Waals surface area contributed by atoms with Crippen LogP contribution in [0, 0.1) is 5.92 Å². The zero-order valence-electron chi connectivity index (χ0n) is 12.9. The van der Waals surface area contributed by atoms with Gasteiger partial charge in [-0.3, -0.25) is 4.90 Å². The molecular weight excluding hydrogens is 236 g/mol. The Bertz CT molecular complexity index is 379. The molecule has 2 N–H and O–H groups in total. The number of nitrogens with two attached hydrogens (primary N) is 1. The Morgan fingerprint density at radius 2 is 1.89 bits per heavy atom. The zero-order chi connectivity index (χ0) is 14.4. The summed E-state index contributed by atoms with van der Waals surface area (Å²) in [6, 6.07) is 8.49. The van der Waals surface area contributed by atoms with Crippen LogP contribution in [0.1, 0.15) is 38.8 Å². The highest BCUT2D eigenvalue weighted by Gasteiger charge is 2.26. The third kappa shape index (κ3) is 4.22. The van der Waals surface area contributed by atoms with Crippen molar-refractivity contribution in [2.75, 3.05) is 20.7 Å². The quantitative estimate of drug-likeness (QED) is 0.822. The average Bonchev–Trinajstić information content (AvgIpc) is 2.38. The molecule has 1 aromatic carbocycles. The molecule has 2 unspecified atom stereocenters. The van der Waals surface area contributed by atoms with Crippen LogP contribution in [0.25, 0.3) is 0 Å². The van der Waals surface area contributed by atoms with Crippen molar-refractivity contribution in [3.63, 3.8) is 0 Å². The highest BCUT2D eigenvalue weighted by atomic mass is 16.5. The summed E-state index contributed by atoms with van der Waals surface area (Å²) in [5.41, 5.74) is 7.54. The molecule has 3 heteroatoms. The fraction of sp³-hybridized carbons (Fsp3) is 0.625. The zero-order valence-corrected chi connectivity index (χ0v) is 12.9. The summed E-state index contributed by atoms with van der Waals surface area (Å²) < 4.78 is 5.49. The van der Waals surface area contributed by atoms with Gasteiger partial charge in [0.15, 0.2) is 0 Å². The Kier molecular flexibility index (Phi) is 6.32. The second kappa shape index (κ2) is 7.51. The molecule has 0 heterocycles. The van der Waals surface area contributed by atoms with Crippen LogP contribution in [0.5, 0.6) is 5.75 Å². The molecular formula is C16H28N2O. The highest BCUT2D eigenvalue weighted by Crippen LogP contribution is 2.31. The number of hydrogen-bond acceptors (Lipinski definition) is 3. The van der Waals surface area contributed by atoms with Gasteiger partial charge in [0.25, 0.3) is 0 Å². The Labute approximate surface area is 117 Å². The number of nitrogens with zero attached hydrogens (tertiary/aromatic N) is 1. The van der Waals surface area contributed by atoms with E-state index in [0.29, 0.717) is 5.92 Å². The number of hydrogen-bond donors (Lipinski definition) is 1. The van der Waals surface area contributed by atoms with Gasteiger partial charge in [0.05, 0.1) is 13.2 Å². The molecule has 1 aromatic rings. The van der Waals surface area contributed by atoms with E-state index in [-0.39, 0.29) is 12.1 Å². The maximum absolute atomic E-state index is 6.35. The van der Waals surface area contributed by atoms with Gasteiger partial charge in [0.2, 0.25) is 0 Å². The third-order valence-electron chi connectivity index (χ3n) is 3.46. The van der Waals surface area contributed by atoms with Crippen molar-refractivity contribution in [2.24, 2.45) is 11.7 Å². The predicted molar refractivity (Wildman–Crippen MR) is 81.5 cm³/mol. The second-order valence-electron chi connectivity index (χ2n) is 5.59. The van der Waals surface area contributed by atoms with E-state index >= 15 is 0 Å². The first-order valence-electron chi connectivity index (χ1n) is 7.10. The first-order chi connectivity index (χ1) is 9.01. The van der Waals surface area contributed by atoms with E-state index in [1.165, 1.54) is 5.56 Å². The average molecular weight is 264 g/mol. The molecule has 0 aliphatic carbocycles. The van der Waals surface area contributed by atoms with Crippen LogP contribution in [0.4, 0.5) is 0 Å². The van der Waals surface area contributed by atoms with Crippen LogP contribution in [-0.2, 0) is 0 Å². The van der Waals surface area contributed by atoms with Crippen LogP contribution in [0.2, 0.25) is 0 Å². The molecule has 0 aliphatic heterocycles. The van der Waals surface area contributed by atoms with E-state index in [0.717, 1.165) is 18.7 Å². The lowest BCUT2D eigenvalue weighted by Crippen LogP contribution is -2.40. The summed E-state index contributed by atoms with van der Waals surface area (Å²) in [4.78, 5) is 2.34. The molecule has 0 fully saturated rings. The monoisotopic (exact) mass is 264 g/mol. The van der Waals surface area contributed by atoms with Gasteiger partial charge in [-0.25, -0.2) is 0 Å². The first-order valence-corrected chi connectivity index (χ1v) is 7.10. The van der Waals surface area contributed by atoms with Gasteiger partial charge in [-0.15, -0.1) is 0 Å². The fourth-order valence-electron chi connectivity index (χ4n) is 2.62. The lowest BCUT2D eigenvalue weighted by atomic mass is 9.95. The molecule has 0 saturated heterocycles. The van der Waals surface area contributed by atoms with E-state index in [9.17, 15) is 0 Å². The van der Waals surface area contributed by atoms with Gasteiger partial charge < -0.3 is 10.5 Å². The van der Waals surface area contributed by atoms with E-state index in [4.69, 9.17) is 10.5 Å². The first kappa shape index (κ1) is 16.0. The SMILES string of the molecule is CCC(N)C(c1ccccc1OC)N(C)CC(C)C. The topological polar surface area (TPSA) is 38.5 Å².